The highest BCUT2D eigenvalue weighted by Gasteiger charge is 2.10. The van der Waals surface area contributed by atoms with Crippen LogP contribution in [0, 0.1) is 0 Å². The molecule has 0 amide bonds. The molecule has 0 saturated heterocycles. The van der Waals surface area contributed by atoms with E-state index in [-0.39, 0.29) is 13.2 Å². The van der Waals surface area contributed by atoms with Gasteiger partial charge in [0.25, 0.3) is 0 Å². The van der Waals surface area contributed by atoms with E-state index in [1.165, 1.54) is 7.11 Å². The third-order valence-electron chi connectivity index (χ3n) is 3.36. The number of pyridine rings is 1. The van der Waals surface area contributed by atoms with Crippen LogP contribution in [-0.2, 0) is 22.6 Å². The first-order chi connectivity index (χ1) is 12.2. The van der Waals surface area contributed by atoms with Crippen molar-refractivity contribution in [1.82, 2.24) is 4.98 Å². The van der Waals surface area contributed by atoms with Crippen molar-refractivity contribution in [2.24, 2.45) is 0 Å². The molecule has 0 radical (unpaired) electrons. The van der Waals surface area contributed by atoms with E-state index in [2.05, 4.69) is 11.6 Å². The van der Waals surface area contributed by atoms with Gasteiger partial charge in [-0.1, -0.05) is 12.1 Å². The van der Waals surface area contributed by atoms with E-state index in [0.717, 1.165) is 17.5 Å². The first kappa shape index (κ1) is 18.3. The maximum Gasteiger partial charge on any atom is 0.344 e. The van der Waals surface area contributed by atoms with Gasteiger partial charge in [0.05, 0.1) is 14.2 Å². The zero-order valence-corrected chi connectivity index (χ0v) is 14.4. The number of methoxy groups -OCH3 is 2. The lowest BCUT2D eigenvalue weighted by molar-refractivity contribution is -0.147. The van der Waals surface area contributed by atoms with Crippen LogP contribution in [0.5, 0.6) is 17.4 Å². The predicted molar refractivity (Wildman–Crippen MR) is 93.0 cm³/mol. The zero-order valence-electron chi connectivity index (χ0n) is 14.4. The van der Waals surface area contributed by atoms with Crippen LogP contribution < -0.4 is 14.2 Å². The van der Waals surface area contributed by atoms with Gasteiger partial charge in [0, 0.05) is 17.8 Å². The number of benzene rings is 1. The second-order valence-corrected chi connectivity index (χ2v) is 5.14. The molecule has 6 nitrogen and oxygen atoms in total. The third-order valence-corrected chi connectivity index (χ3v) is 3.36. The molecule has 1 aromatic carbocycles. The first-order valence-electron chi connectivity index (χ1n) is 7.71. The quantitative estimate of drug-likeness (QED) is 0.515. The van der Waals surface area contributed by atoms with E-state index in [0.29, 0.717) is 17.4 Å². The Morgan fingerprint density at radius 1 is 1.12 bits per heavy atom. The number of nitrogens with zero attached hydrogens (tertiary/aromatic N) is 1. The molecule has 0 unspecified atom stereocenters. The van der Waals surface area contributed by atoms with Crippen LogP contribution in [0.25, 0.3) is 0 Å². The summed E-state index contributed by atoms with van der Waals surface area (Å²) in [6, 6.07) is 8.99. The van der Waals surface area contributed by atoms with Crippen molar-refractivity contribution in [2.45, 2.75) is 13.0 Å². The number of hydrogen-bond donors (Lipinski definition) is 0. The van der Waals surface area contributed by atoms with Crippen LogP contribution in [-0.4, -0.2) is 31.8 Å². The van der Waals surface area contributed by atoms with Crippen LogP contribution in [0.15, 0.2) is 49.2 Å². The van der Waals surface area contributed by atoms with E-state index < -0.39 is 5.97 Å². The molecule has 2 rings (SSSR count). The molecule has 25 heavy (non-hydrogen) atoms. The molecule has 0 saturated carbocycles. The Kier molecular flexibility index (Phi) is 6.83. The molecule has 0 fully saturated rings. The Bertz CT molecular complexity index is 712. The van der Waals surface area contributed by atoms with Crippen molar-refractivity contribution in [2.75, 3.05) is 20.8 Å². The van der Waals surface area contributed by atoms with E-state index in [9.17, 15) is 4.79 Å². The summed E-state index contributed by atoms with van der Waals surface area (Å²) in [5.41, 5.74) is 1.81. The minimum Gasteiger partial charge on any atom is -0.493 e. The van der Waals surface area contributed by atoms with Gasteiger partial charge in [-0.15, -0.1) is 6.58 Å². The fourth-order valence-electron chi connectivity index (χ4n) is 2.08. The van der Waals surface area contributed by atoms with Gasteiger partial charge in [0.2, 0.25) is 5.88 Å². The van der Waals surface area contributed by atoms with Gasteiger partial charge >= 0.3 is 5.97 Å². The van der Waals surface area contributed by atoms with Gasteiger partial charge < -0.3 is 18.9 Å². The Labute approximate surface area is 147 Å². The smallest absolute Gasteiger partial charge is 0.344 e. The number of aromatic nitrogens is 1. The summed E-state index contributed by atoms with van der Waals surface area (Å²) in [5, 5.41) is 0. The maximum atomic E-state index is 11.8. The van der Waals surface area contributed by atoms with E-state index in [1.807, 2.05) is 12.1 Å². The number of rotatable bonds is 9. The molecule has 0 spiro atoms. The molecule has 0 N–H and O–H groups in total. The fraction of sp³-hybridized carbons (Fsp3) is 0.263. The van der Waals surface area contributed by atoms with Crippen molar-refractivity contribution in [3.05, 3.63) is 60.3 Å². The molecule has 0 bridgehead atoms. The van der Waals surface area contributed by atoms with Crippen molar-refractivity contribution in [3.63, 3.8) is 0 Å². The minimum absolute atomic E-state index is 0.120. The average Bonchev–Trinajstić information content (AvgIpc) is 2.65. The Hall–Kier alpha value is -3.02. The summed E-state index contributed by atoms with van der Waals surface area (Å²) in [6.07, 6.45) is 4.13. The van der Waals surface area contributed by atoms with E-state index in [4.69, 9.17) is 18.9 Å². The van der Waals surface area contributed by atoms with Gasteiger partial charge in [-0.2, -0.15) is 0 Å². The van der Waals surface area contributed by atoms with Crippen LogP contribution in [0.1, 0.15) is 11.1 Å². The van der Waals surface area contributed by atoms with Gasteiger partial charge in [-0.05, 0) is 30.2 Å². The second kappa shape index (κ2) is 9.32. The molecular formula is C19H21NO5. The van der Waals surface area contributed by atoms with E-state index >= 15 is 0 Å². The predicted octanol–water partition coefficient (Wildman–Crippen LogP) is 2.95. The van der Waals surface area contributed by atoms with Crippen molar-refractivity contribution >= 4 is 5.97 Å². The number of hydrogen-bond acceptors (Lipinski definition) is 6. The van der Waals surface area contributed by atoms with Crippen LogP contribution >= 0.6 is 0 Å². The highest BCUT2D eigenvalue weighted by atomic mass is 16.6. The van der Waals surface area contributed by atoms with Crippen molar-refractivity contribution in [1.29, 1.82) is 0 Å². The Morgan fingerprint density at radius 3 is 2.56 bits per heavy atom. The topological polar surface area (TPSA) is 66.9 Å². The summed E-state index contributed by atoms with van der Waals surface area (Å²) in [7, 11) is 3.09. The Balaban J connectivity index is 1.85. The summed E-state index contributed by atoms with van der Waals surface area (Å²) in [5.74, 6) is 1.07. The van der Waals surface area contributed by atoms with Gasteiger partial charge in [0.15, 0.2) is 18.1 Å². The fourth-order valence-corrected chi connectivity index (χ4v) is 2.08. The summed E-state index contributed by atoms with van der Waals surface area (Å²) in [6.45, 7) is 3.62. The summed E-state index contributed by atoms with van der Waals surface area (Å²) in [4.78, 5) is 15.9. The molecule has 0 atom stereocenters. The minimum atomic E-state index is -0.479. The monoisotopic (exact) mass is 343 g/mol. The number of esters is 1. The highest BCUT2D eigenvalue weighted by Crippen LogP contribution is 2.28. The number of carbonyl (C=O) groups excluding carboxylic acids is 1. The molecular weight excluding hydrogens is 322 g/mol. The summed E-state index contributed by atoms with van der Waals surface area (Å²) >= 11 is 0. The number of allylic oxidation sites excluding steroid dienone is 1. The van der Waals surface area contributed by atoms with Gasteiger partial charge in [-0.25, -0.2) is 9.78 Å². The maximum absolute atomic E-state index is 11.8. The molecule has 0 aliphatic rings. The molecule has 6 heteroatoms. The number of carbonyl (C=O) groups is 1. The van der Waals surface area contributed by atoms with Gasteiger partial charge in [-0.3, -0.25) is 0 Å². The van der Waals surface area contributed by atoms with Crippen molar-refractivity contribution < 1.29 is 23.7 Å². The average molecular weight is 343 g/mol. The van der Waals surface area contributed by atoms with Crippen LogP contribution in [0.2, 0.25) is 0 Å². The van der Waals surface area contributed by atoms with Crippen LogP contribution in [0.3, 0.4) is 0 Å². The second-order valence-electron chi connectivity index (χ2n) is 5.14. The van der Waals surface area contributed by atoms with E-state index in [1.54, 1.807) is 37.6 Å². The summed E-state index contributed by atoms with van der Waals surface area (Å²) < 4.78 is 20.9. The third kappa shape index (κ3) is 5.53. The lowest BCUT2D eigenvalue weighted by atomic mass is 10.1. The van der Waals surface area contributed by atoms with Crippen LogP contribution in [0.4, 0.5) is 0 Å². The zero-order chi connectivity index (χ0) is 18.1. The number of ether oxygens (including phenoxy) is 4. The standard InChI is InChI=1S/C19H21NO5/c1-4-5-14-6-8-16(17(10-14)22-2)24-13-19(21)25-12-15-7-9-18(23-3)20-11-15/h4,6-11H,1,5,12-13H2,2-3H3. The normalized spacial score (nSPS) is 10.0. The first-order valence-corrected chi connectivity index (χ1v) is 7.71. The largest absolute Gasteiger partial charge is 0.493 e. The molecule has 2 aromatic rings. The van der Waals surface area contributed by atoms with Crippen molar-refractivity contribution in [3.8, 4) is 17.4 Å². The molecule has 0 aliphatic heterocycles. The molecule has 132 valence electrons. The SMILES string of the molecule is C=CCc1ccc(OCC(=O)OCc2ccc(OC)nc2)c(OC)c1. The molecule has 1 heterocycles. The highest BCUT2D eigenvalue weighted by molar-refractivity contribution is 5.71. The molecule has 0 aliphatic carbocycles. The lowest BCUT2D eigenvalue weighted by Gasteiger charge is -2.11. The molecule has 1 aromatic heterocycles. The lowest BCUT2D eigenvalue weighted by Crippen LogP contribution is -2.15. The van der Waals surface area contributed by atoms with Gasteiger partial charge in [0.1, 0.15) is 6.61 Å². The Morgan fingerprint density at radius 2 is 1.92 bits per heavy atom.